The number of benzene rings is 4. The van der Waals surface area contributed by atoms with E-state index < -0.39 is 11.5 Å². The number of nitrogens with zero attached hydrogens (tertiary/aromatic N) is 2. The molecule has 0 saturated carbocycles. The average molecular weight is 564 g/mol. The van der Waals surface area contributed by atoms with Crippen molar-refractivity contribution in [1.29, 1.82) is 0 Å². The van der Waals surface area contributed by atoms with Gasteiger partial charge in [-0.3, -0.25) is 4.79 Å². The monoisotopic (exact) mass is 563 g/mol. The van der Waals surface area contributed by atoms with E-state index in [0.29, 0.717) is 22.8 Å². The number of carbonyl (C=O) groups excluding carboxylic acids is 1. The highest BCUT2D eigenvalue weighted by Crippen LogP contribution is 2.30. The highest BCUT2D eigenvalue weighted by atomic mass is 35.5. The highest BCUT2D eigenvalue weighted by molar-refractivity contribution is 6.31. The quantitative estimate of drug-likeness (QED) is 0.154. The summed E-state index contributed by atoms with van der Waals surface area (Å²) in [6.07, 6.45) is 1.59. The van der Waals surface area contributed by atoms with Crippen LogP contribution in [0, 0.1) is 13.8 Å². The number of ether oxygens (including phenoxy) is 1. The number of amides is 1. The van der Waals surface area contributed by atoms with Crippen molar-refractivity contribution in [1.82, 2.24) is 9.99 Å². The van der Waals surface area contributed by atoms with E-state index in [1.165, 1.54) is 0 Å². The van der Waals surface area contributed by atoms with Crippen molar-refractivity contribution in [2.75, 3.05) is 0 Å². The maximum absolute atomic E-state index is 13.3. The number of aryl methyl sites for hydroxylation is 1. The molecule has 1 aromatic heterocycles. The second kappa shape index (κ2) is 12.3. The summed E-state index contributed by atoms with van der Waals surface area (Å²) in [5.74, 6) is 0.0947. The SMILES string of the molecule is Cc1cc(/C=N/NC(=O)C(O)(c2ccccc2)c2ccccc2)c(C)n1-c1ccc(OCc2ccccc2Cl)cc1. The minimum atomic E-state index is -1.90. The van der Waals surface area contributed by atoms with Crippen LogP contribution >= 0.6 is 11.6 Å². The van der Waals surface area contributed by atoms with Crippen LogP contribution in [0.2, 0.25) is 5.02 Å². The summed E-state index contributed by atoms with van der Waals surface area (Å²) < 4.78 is 8.02. The van der Waals surface area contributed by atoms with Crippen molar-refractivity contribution >= 4 is 23.7 Å². The Hall–Kier alpha value is -4.65. The molecule has 41 heavy (non-hydrogen) atoms. The van der Waals surface area contributed by atoms with Gasteiger partial charge in [0, 0.05) is 33.2 Å². The van der Waals surface area contributed by atoms with E-state index in [1.807, 2.05) is 80.6 Å². The van der Waals surface area contributed by atoms with Crippen LogP contribution < -0.4 is 10.2 Å². The molecular weight excluding hydrogens is 534 g/mol. The van der Waals surface area contributed by atoms with Crippen molar-refractivity contribution in [3.8, 4) is 11.4 Å². The zero-order valence-electron chi connectivity index (χ0n) is 22.8. The van der Waals surface area contributed by atoms with Gasteiger partial charge in [-0.2, -0.15) is 5.10 Å². The molecule has 0 aliphatic rings. The summed E-state index contributed by atoms with van der Waals surface area (Å²) in [6, 6.07) is 35.1. The fourth-order valence-corrected chi connectivity index (χ4v) is 5.00. The highest BCUT2D eigenvalue weighted by Gasteiger charge is 2.39. The Morgan fingerprint density at radius 1 is 0.902 bits per heavy atom. The molecule has 0 saturated heterocycles. The van der Waals surface area contributed by atoms with Crippen LogP contribution in [0.15, 0.2) is 120 Å². The molecule has 0 aliphatic carbocycles. The molecule has 6 nitrogen and oxygen atoms in total. The molecule has 0 unspecified atom stereocenters. The van der Waals surface area contributed by atoms with Crippen LogP contribution in [0.3, 0.4) is 0 Å². The van der Waals surface area contributed by atoms with E-state index in [2.05, 4.69) is 15.1 Å². The molecule has 0 bridgehead atoms. The third-order valence-corrected chi connectivity index (χ3v) is 7.37. The molecule has 1 amide bonds. The Morgan fingerprint density at radius 2 is 1.49 bits per heavy atom. The lowest BCUT2D eigenvalue weighted by Gasteiger charge is -2.27. The zero-order chi connectivity index (χ0) is 28.8. The van der Waals surface area contributed by atoms with Crippen LogP contribution in [0.25, 0.3) is 5.69 Å². The molecule has 7 heteroatoms. The van der Waals surface area contributed by atoms with Crippen molar-refractivity contribution in [3.63, 3.8) is 0 Å². The van der Waals surface area contributed by atoms with Crippen LogP contribution in [0.4, 0.5) is 0 Å². The van der Waals surface area contributed by atoms with Gasteiger partial charge in [0.05, 0.1) is 6.21 Å². The van der Waals surface area contributed by atoms with E-state index in [1.54, 1.807) is 54.7 Å². The van der Waals surface area contributed by atoms with Crippen LogP contribution in [-0.4, -0.2) is 21.8 Å². The van der Waals surface area contributed by atoms with E-state index in [4.69, 9.17) is 16.3 Å². The number of hydrogen-bond acceptors (Lipinski definition) is 4. The van der Waals surface area contributed by atoms with Gasteiger partial charge in [-0.15, -0.1) is 0 Å². The standard InChI is InChI=1S/C34H30ClN3O3/c1-24-21-27(22-36-37-33(39)34(40,28-12-5-3-6-13-28)29-14-7-4-8-15-29)25(2)38(24)30-17-19-31(20-18-30)41-23-26-11-9-10-16-32(26)35/h3-22,40H,23H2,1-2H3,(H,37,39)/b36-22+. The second-order valence-electron chi connectivity index (χ2n) is 9.68. The third-order valence-electron chi connectivity index (χ3n) is 7.00. The van der Waals surface area contributed by atoms with Gasteiger partial charge in [0.1, 0.15) is 12.4 Å². The molecule has 5 aromatic rings. The Kier molecular flexibility index (Phi) is 8.34. The number of aromatic nitrogens is 1. The summed E-state index contributed by atoms with van der Waals surface area (Å²) in [4.78, 5) is 13.3. The number of rotatable bonds is 9. The number of hydrazone groups is 1. The van der Waals surface area contributed by atoms with Gasteiger partial charge in [-0.1, -0.05) is 90.5 Å². The Morgan fingerprint density at radius 3 is 2.10 bits per heavy atom. The molecule has 0 radical (unpaired) electrons. The maximum Gasteiger partial charge on any atom is 0.281 e. The van der Waals surface area contributed by atoms with Crippen LogP contribution in [-0.2, 0) is 17.0 Å². The summed E-state index contributed by atoms with van der Waals surface area (Å²) in [5, 5.41) is 16.5. The number of nitrogens with one attached hydrogen (secondary N) is 1. The van der Waals surface area contributed by atoms with Gasteiger partial charge >= 0.3 is 0 Å². The number of carbonyl (C=O) groups is 1. The molecular formula is C34H30ClN3O3. The van der Waals surface area contributed by atoms with Gasteiger partial charge in [-0.25, -0.2) is 5.43 Å². The van der Waals surface area contributed by atoms with Crippen molar-refractivity contribution < 1.29 is 14.6 Å². The summed E-state index contributed by atoms with van der Waals surface area (Å²) in [6.45, 7) is 4.38. The lowest BCUT2D eigenvalue weighted by molar-refractivity contribution is -0.136. The van der Waals surface area contributed by atoms with E-state index in [9.17, 15) is 9.90 Å². The summed E-state index contributed by atoms with van der Waals surface area (Å²) in [5.41, 5.74) is 6.25. The number of hydrogen-bond donors (Lipinski definition) is 2. The first kappa shape index (κ1) is 27.9. The van der Waals surface area contributed by atoms with Gasteiger partial charge in [0.2, 0.25) is 0 Å². The van der Waals surface area contributed by atoms with Crippen LogP contribution in [0.5, 0.6) is 5.75 Å². The average Bonchev–Trinajstić information content (AvgIpc) is 3.29. The lowest BCUT2D eigenvalue weighted by atomic mass is 9.85. The Balaban J connectivity index is 1.31. The molecule has 0 atom stereocenters. The minimum Gasteiger partial charge on any atom is -0.489 e. The first-order chi connectivity index (χ1) is 19.9. The molecule has 0 aliphatic heterocycles. The number of aliphatic hydroxyl groups is 1. The largest absolute Gasteiger partial charge is 0.489 e. The molecule has 1 heterocycles. The molecule has 0 fully saturated rings. The van der Waals surface area contributed by atoms with Crippen LogP contribution in [0.1, 0.15) is 33.6 Å². The first-order valence-electron chi connectivity index (χ1n) is 13.2. The fourth-order valence-electron chi connectivity index (χ4n) is 4.81. The van der Waals surface area contributed by atoms with E-state index in [0.717, 1.165) is 34.0 Å². The fraction of sp³-hybridized carbons (Fsp3) is 0.118. The predicted molar refractivity (Wildman–Crippen MR) is 163 cm³/mol. The van der Waals surface area contributed by atoms with Gasteiger partial charge in [-0.05, 0) is 61.4 Å². The van der Waals surface area contributed by atoms with Gasteiger partial charge < -0.3 is 14.4 Å². The zero-order valence-corrected chi connectivity index (χ0v) is 23.5. The third kappa shape index (κ3) is 5.94. The lowest BCUT2D eigenvalue weighted by Crippen LogP contribution is -2.43. The minimum absolute atomic E-state index is 0.386. The smallest absolute Gasteiger partial charge is 0.281 e. The molecule has 206 valence electrons. The van der Waals surface area contributed by atoms with Crippen molar-refractivity contribution in [2.45, 2.75) is 26.1 Å². The topological polar surface area (TPSA) is 75.9 Å². The Labute approximate surface area is 244 Å². The number of halogens is 1. The summed E-state index contributed by atoms with van der Waals surface area (Å²) >= 11 is 6.24. The normalized spacial score (nSPS) is 11.5. The van der Waals surface area contributed by atoms with E-state index >= 15 is 0 Å². The van der Waals surface area contributed by atoms with E-state index in [-0.39, 0.29) is 0 Å². The molecule has 0 spiro atoms. The van der Waals surface area contributed by atoms with Gasteiger partial charge in [0.25, 0.3) is 5.91 Å². The van der Waals surface area contributed by atoms with Crippen molar-refractivity contribution in [2.24, 2.45) is 5.10 Å². The first-order valence-corrected chi connectivity index (χ1v) is 13.6. The second-order valence-corrected chi connectivity index (χ2v) is 10.1. The molecule has 2 N–H and O–H groups in total. The van der Waals surface area contributed by atoms with Gasteiger partial charge in [0.15, 0.2) is 5.60 Å². The molecule has 4 aromatic carbocycles. The molecule has 5 rings (SSSR count). The maximum atomic E-state index is 13.3. The predicted octanol–water partition coefficient (Wildman–Crippen LogP) is 6.71. The summed E-state index contributed by atoms with van der Waals surface area (Å²) in [7, 11) is 0. The Bertz CT molecular complexity index is 1620. The van der Waals surface area contributed by atoms with Crippen molar-refractivity contribution in [3.05, 3.63) is 154 Å².